The molecule has 1 aromatic carbocycles. The van der Waals surface area contributed by atoms with Crippen molar-refractivity contribution in [2.45, 2.75) is 36.4 Å². The smallest absolute Gasteiger partial charge is 0.297 e. The van der Waals surface area contributed by atoms with Crippen molar-refractivity contribution in [3.63, 3.8) is 0 Å². The summed E-state index contributed by atoms with van der Waals surface area (Å²) in [6, 6.07) is 5.99. The molecule has 3 aromatic rings. The molecule has 3 heterocycles. The number of aromatic nitrogens is 4. The molecule has 1 saturated heterocycles. The van der Waals surface area contributed by atoms with E-state index in [-0.39, 0.29) is 20.8 Å². The second kappa shape index (κ2) is 7.83. The van der Waals surface area contributed by atoms with Gasteiger partial charge in [0.1, 0.15) is 12.2 Å². The van der Waals surface area contributed by atoms with E-state index in [1.165, 1.54) is 16.7 Å². The maximum absolute atomic E-state index is 12.8. The number of H-pyrrole nitrogens is 1. The predicted octanol–water partition coefficient (Wildman–Crippen LogP) is 0.215. The van der Waals surface area contributed by atoms with E-state index in [2.05, 4.69) is 30.9 Å². The zero-order valence-corrected chi connectivity index (χ0v) is 17.9. The van der Waals surface area contributed by atoms with Crippen LogP contribution in [0.25, 0.3) is 11.2 Å². The number of hydrogen-bond acceptors (Lipinski definition) is 9. The Kier molecular flexibility index (Phi) is 5.50. The van der Waals surface area contributed by atoms with Gasteiger partial charge in [-0.15, -0.1) is 0 Å². The lowest BCUT2D eigenvalue weighted by Crippen LogP contribution is -2.37. The summed E-state index contributed by atoms with van der Waals surface area (Å²) in [5, 5.41) is 20.1. The topological polar surface area (TPSA) is 157 Å². The summed E-state index contributed by atoms with van der Waals surface area (Å²) in [6.07, 6.45) is -4.14. The molecule has 0 saturated carbocycles. The van der Waals surface area contributed by atoms with Crippen LogP contribution in [0, 0.1) is 6.92 Å². The largest absolute Gasteiger partial charge is 0.394 e. The highest BCUT2D eigenvalue weighted by atomic mass is 79.9. The molecule has 4 atom stereocenters. The zero-order valence-electron chi connectivity index (χ0n) is 15.5. The number of aryl methyl sites for hydroxylation is 1. The third-order valence-corrected chi connectivity index (χ3v) is 6.62. The number of nitrogens with zero attached hydrogens (tertiary/aromatic N) is 3. The number of aliphatic hydroxyl groups excluding tert-OH is 2. The molecule has 0 aliphatic carbocycles. The van der Waals surface area contributed by atoms with Gasteiger partial charge in [0.2, 0.25) is 0 Å². The first-order chi connectivity index (χ1) is 14.2. The van der Waals surface area contributed by atoms with Crippen LogP contribution in [0.2, 0.25) is 0 Å². The van der Waals surface area contributed by atoms with Gasteiger partial charge in [0.05, 0.1) is 17.8 Å². The van der Waals surface area contributed by atoms with Gasteiger partial charge < -0.3 is 19.9 Å². The van der Waals surface area contributed by atoms with Gasteiger partial charge in [0, 0.05) is 0 Å². The Bertz CT molecular complexity index is 1240. The molecule has 1 fully saturated rings. The molecule has 2 aromatic heterocycles. The Labute approximate surface area is 178 Å². The van der Waals surface area contributed by atoms with E-state index < -0.39 is 46.8 Å². The maximum atomic E-state index is 12.8. The quantitative estimate of drug-likeness (QED) is 0.329. The van der Waals surface area contributed by atoms with Gasteiger partial charge >= 0.3 is 0 Å². The monoisotopic (exact) mass is 500 g/mol. The average Bonchev–Trinajstić information content (AvgIpc) is 3.19. The van der Waals surface area contributed by atoms with Crippen molar-refractivity contribution in [1.29, 1.82) is 0 Å². The summed E-state index contributed by atoms with van der Waals surface area (Å²) in [4.78, 5) is 22.4. The lowest BCUT2D eigenvalue weighted by molar-refractivity contribution is -0.0492. The molecular formula is C17H17BrN4O7S. The molecule has 0 bridgehead atoms. The summed E-state index contributed by atoms with van der Waals surface area (Å²) in [5.41, 5.74) is 0.417. The van der Waals surface area contributed by atoms with Gasteiger partial charge in [-0.3, -0.25) is 13.5 Å². The summed E-state index contributed by atoms with van der Waals surface area (Å²) < 4.78 is 38.0. The molecule has 11 nitrogen and oxygen atoms in total. The van der Waals surface area contributed by atoms with Crippen LogP contribution in [0.15, 0.2) is 45.0 Å². The summed E-state index contributed by atoms with van der Waals surface area (Å²) in [5.74, 6) is 0. The summed E-state index contributed by atoms with van der Waals surface area (Å²) in [6.45, 7) is 1.23. The second-order valence-electron chi connectivity index (χ2n) is 6.72. The Balaban J connectivity index is 1.78. The number of imidazole rings is 1. The van der Waals surface area contributed by atoms with Gasteiger partial charge in [-0.05, 0) is 35.0 Å². The molecule has 1 aliphatic rings. The van der Waals surface area contributed by atoms with Gasteiger partial charge in [-0.1, -0.05) is 17.7 Å². The number of benzene rings is 1. The molecule has 0 radical (unpaired) electrons. The van der Waals surface area contributed by atoms with Gasteiger partial charge in [-0.2, -0.15) is 8.42 Å². The molecule has 1 aliphatic heterocycles. The molecular weight excluding hydrogens is 484 g/mol. The Morgan fingerprint density at radius 1 is 1.33 bits per heavy atom. The first kappa shape index (κ1) is 21.1. The van der Waals surface area contributed by atoms with Gasteiger partial charge in [-0.25, -0.2) is 9.97 Å². The van der Waals surface area contributed by atoms with Crippen molar-refractivity contribution >= 4 is 37.2 Å². The molecule has 3 N–H and O–H groups in total. The van der Waals surface area contributed by atoms with E-state index in [4.69, 9.17) is 8.92 Å². The van der Waals surface area contributed by atoms with E-state index in [0.717, 1.165) is 11.9 Å². The van der Waals surface area contributed by atoms with Crippen molar-refractivity contribution in [2.75, 3.05) is 6.61 Å². The number of ether oxygens (including phenoxy) is 1. The van der Waals surface area contributed by atoms with Crippen LogP contribution >= 0.6 is 15.9 Å². The standard InChI is InChI=1S/C17H17BrN4O7S/c1-8-2-4-9(5-3-8)30(26,27)29-13-12(24)10(6-23)28-16(13)22-14-11(21-17(22)18)15(25)20-7-19-14/h2-5,7,10,12-13,16,23-24H,6H2,1H3,(H,19,20,25)/t10-,12-,13-,16-/m1/s1. The minimum absolute atomic E-state index is 0.0185. The predicted molar refractivity (Wildman–Crippen MR) is 106 cm³/mol. The van der Waals surface area contributed by atoms with Crippen LogP contribution in [0.3, 0.4) is 0 Å². The van der Waals surface area contributed by atoms with Crippen LogP contribution < -0.4 is 5.56 Å². The molecule has 0 spiro atoms. The average molecular weight is 501 g/mol. The molecule has 0 amide bonds. The van der Waals surface area contributed by atoms with Gasteiger partial charge in [0.25, 0.3) is 15.7 Å². The maximum Gasteiger partial charge on any atom is 0.297 e. The normalized spacial score (nSPS) is 24.5. The Hall–Kier alpha value is -2.16. The fourth-order valence-electron chi connectivity index (χ4n) is 3.21. The van der Waals surface area contributed by atoms with Crippen LogP contribution in [0.1, 0.15) is 11.8 Å². The van der Waals surface area contributed by atoms with E-state index >= 15 is 0 Å². The first-order valence-corrected chi connectivity index (χ1v) is 11.0. The van der Waals surface area contributed by atoms with Crippen molar-refractivity contribution in [3.8, 4) is 0 Å². The van der Waals surface area contributed by atoms with Crippen molar-refractivity contribution in [3.05, 3.63) is 51.2 Å². The Morgan fingerprint density at radius 2 is 2.03 bits per heavy atom. The second-order valence-corrected chi connectivity index (χ2v) is 9.00. The minimum atomic E-state index is -4.28. The van der Waals surface area contributed by atoms with E-state index in [1.807, 2.05) is 6.92 Å². The van der Waals surface area contributed by atoms with Crippen LogP contribution in [-0.4, -0.2) is 63.1 Å². The lowest BCUT2D eigenvalue weighted by atomic mass is 10.1. The number of nitrogens with one attached hydrogen (secondary N) is 1. The Morgan fingerprint density at radius 3 is 2.70 bits per heavy atom. The highest BCUT2D eigenvalue weighted by Crippen LogP contribution is 2.37. The number of fused-ring (bicyclic) bond motifs is 1. The van der Waals surface area contributed by atoms with Crippen LogP contribution in [0.4, 0.5) is 0 Å². The molecule has 13 heteroatoms. The van der Waals surface area contributed by atoms with Crippen LogP contribution in [-0.2, 0) is 19.0 Å². The number of rotatable bonds is 5. The van der Waals surface area contributed by atoms with Crippen molar-refractivity contribution in [1.82, 2.24) is 19.5 Å². The fraction of sp³-hybridized carbons (Fsp3) is 0.353. The van der Waals surface area contributed by atoms with Crippen molar-refractivity contribution < 1.29 is 27.6 Å². The molecule has 0 unspecified atom stereocenters. The minimum Gasteiger partial charge on any atom is -0.394 e. The zero-order chi connectivity index (χ0) is 21.6. The highest BCUT2D eigenvalue weighted by molar-refractivity contribution is 9.10. The van der Waals surface area contributed by atoms with E-state index in [1.54, 1.807) is 12.1 Å². The lowest BCUT2D eigenvalue weighted by Gasteiger charge is -2.22. The first-order valence-electron chi connectivity index (χ1n) is 8.78. The van der Waals surface area contributed by atoms with Crippen molar-refractivity contribution in [2.24, 2.45) is 0 Å². The number of aliphatic hydroxyl groups is 2. The molecule has 160 valence electrons. The fourth-order valence-corrected chi connectivity index (χ4v) is 4.84. The number of halogens is 1. The third kappa shape index (κ3) is 3.57. The SMILES string of the molecule is Cc1ccc(S(=O)(=O)O[C@@H]2[C@H](O)[C@@H](CO)O[C@H]2n2c(Br)nc3c(=O)[nH]cnc32)cc1. The number of aromatic amines is 1. The summed E-state index contributed by atoms with van der Waals surface area (Å²) in [7, 11) is -4.28. The summed E-state index contributed by atoms with van der Waals surface area (Å²) >= 11 is 3.21. The van der Waals surface area contributed by atoms with Gasteiger partial charge in [0.15, 0.2) is 28.2 Å². The van der Waals surface area contributed by atoms with Crippen LogP contribution in [0.5, 0.6) is 0 Å². The molecule has 4 rings (SSSR count). The third-order valence-electron chi connectivity index (χ3n) is 4.74. The highest BCUT2D eigenvalue weighted by Gasteiger charge is 2.49. The van der Waals surface area contributed by atoms with E-state index in [0.29, 0.717) is 0 Å². The molecule has 30 heavy (non-hydrogen) atoms. The van der Waals surface area contributed by atoms with E-state index in [9.17, 15) is 23.4 Å². The number of hydrogen-bond donors (Lipinski definition) is 3.